The first-order valence-electron chi connectivity index (χ1n) is 10.6. The van der Waals surface area contributed by atoms with E-state index in [2.05, 4.69) is 9.97 Å². The van der Waals surface area contributed by atoms with Crippen LogP contribution in [0.5, 0.6) is 11.5 Å². The molecule has 10 nitrogen and oxygen atoms in total. The summed E-state index contributed by atoms with van der Waals surface area (Å²) < 4.78 is 5.24. The van der Waals surface area contributed by atoms with E-state index in [0.717, 1.165) is 10.9 Å². The molecule has 0 radical (unpaired) electrons. The van der Waals surface area contributed by atoms with Gasteiger partial charge in [-0.15, -0.1) is 0 Å². The van der Waals surface area contributed by atoms with Crippen molar-refractivity contribution in [3.05, 3.63) is 59.9 Å². The zero-order chi connectivity index (χ0) is 24.2. The third-order valence-electron chi connectivity index (χ3n) is 5.71. The van der Waals surface area contributed by atoms with Gasteiger partial charge in [0.05, 0.1) is 12.1 Å². The van der Waals surface area contributed by atoms with Gasteiger partial charge in [-0.1, -0.05) is 12.1 Å². The van der Waals surface area contributed by atoms with Crippen molar-refractivity contribution in [3.8, 4) is 11.5 Å². The van der Waals surface area contributed by atoms with Crippen LogP contribution in [-0.4, -0.2) is 74.6 Å². The van der Waals surface area contributed by atoms with Crippen molar-refractivity contribution in [3.63, 3.8) is 0 Å². The summed E-state index contributed by atoms with van der Waals surface area (Å²) in [5.74, 6) is -0.679. The summed E-state index contributed by atoms with van der Waals surface area (Å²) in [7, 11) is 1.48. The molecule has 34 heavy (non-hydrogen) atoms. The quantitative estimate of drug-likeness (QED) is 0.369. The number of benzene rings is 2. The summed E-state index contributed by atoms with van der Waals surface area (Å²) in [4.78, 5) is 37.5. The summed E-state index contributed by atoms with van der Waals surface area (Å²) in [5, 5.41) is 19.8. The van der Waals surface area contributed by atoms with Gasteiger partial charge in [0.15, 0.2) is 11.5 Å². The lowest BCUT2D eigenvalue weighted by Gasteiger charge is -2.40. The van der Waals surface area contributed by atoms with Crippen LogP contribution in [0.15, 0.2) is 48.8 Å². The van der Waals surface area contributed by atoms with Crippen LogP contribution in [0.4, 0.5) is 5.82 Å². The summed E-state index contributed by atoms with van der Waals surface area (Å²) in [6.07, 6.45) is 4.26. The molecule has 1 fully saturated rings. The Bertz CT molecular complexity index is 1260. The van der Waals surface area contributed by atoms with E-state index in [1.165, 1.54) is 42.6 Å². The number of nitrogens with two attached hydrogens (primary N) is 1. The number of amides is 2. The average Bonchev–Trinajstić information content (AvgIpc) is 2.82. The molecule has 1 atom stereocenters. The minimum atomic E-state index is -0.762. The number of phenolic OH excluding ortho intramolecular Hbond substituents is 2. The largest absolute Gasteiger partial charge is 0.504 e. The minimum absolute atomic E-state index is 0.0659. The molecule has 1 saturated heterocycles. The van der Waals surface area contributed by atoms with Crippen molar-refractivity contribution in [2.24, 2.45) is 0 Å². The fourth-order valence-electron chi connectivity index (χ4n) is 3.93. The fraction of sp³-hybridized carbons (Fsp3) is 0.250. The van der Waals surface area contributed by atoms with E-state index < -0.39 is 6.04 Å². The highest BCUT2D eigenvalue weighted by molar-refractivity contribution is 5.96. The molecule has 1 aromatic heterocycles. The minimum Gasteiger partial charge on any atom is -0.504 e. The van der Waals surface area contributed by atoms with Crippen molar-refractivity contribution in [1.29, 1.82) is 0 Å². The van der Waals surface area contributed by atoms with Gasteiger partial charge in [0.25, 0.3) is 0 Å². The third kappa shape index (κ3) is 4.76. The predicted molar refractivity (Wildman–Crippen MR) is 126 cm³/mol. The summed E-state index contributed by atoms with van der Waals surface area (Å²) in [6.45, 7) is 1.13. The number of anilines is 1. The number of phenols is 2. The van der Waals surface area contributed by atoms with Gasteiger partial charge in [-0.25, -0.2) is 9.97 Å². The molecule has 4 N–H and O–H groups in total. The smallest absolute Gasteiger partial charge is 0.248 e. The fourth-order valence-corrected chi connectivity index (χ4v) is 3.93. The van der Waals surface area contributed by atoms with Crippen LogP contribution in [0.25, 0.3) is 17.0 Å². The van der Waals surface area contributed by atoms with Gasteiger partial charge in [0, 0.05) is 38.2 Å². The van der Waals surface area contributed by atoms with E-state index in [4.69, 9.17) is 10.5 Å². The zero-order valence-corrected chi connectivity index (χ0v) is 18.6. The lowest BCUT2D eigenvalue weighted by atomic mass is 10.1. The SMILES string of the molecule is COC[C@H]1C(=O)N(Cc2ccc3c(N)ncnc3c2)CCN1C(=O)/C=C/c1ccc(O)c(O)c1. The second kappa shape index (κ2) is 9.75. The molecule has 0 saturated carbocycles. The van der Waals surface area contributed by atoms with Gasteiger partial charge in [-0.3, -0.25) is 9.59 Å². The van der Waals surface area contributed by atoms with Crippen molar-refractivity contribution >= 4 is 34.6 Å². The number of nitrogens with zero attached hydrogens (tertiary/aromatic N) is 4. The topological polar surface area (TPSA) is 142 Å². The molecule has 0 aliphatic carbocycles. The predicted octanol–water partition coefficient (Wildman–Crippen LogP) is 1.52. The van der Waals surface area contributed by atoms with Crippen LogP contribution in [0.2, 0.25) is 0 Å². The zero-order valence-electron chi connectivity index (χ0n) is 18.6. The number of piperazine rings is 1. The first-order chi connectivity index (χ1) is 16.4. The van der Waals surface area contributed by atoms with Crippen LogP contribution >= 0.6 is 0 Å². The number of nitrogen functional groups attached to an aromatic ring is 1. The normalized spacial score (nSPS) is 16.5. The molecule has 1 aliphatic heterocycles. The molecule has 2 amide bonds. The summed E-state index contributed by atoms with van der Waals surface area (Å²) in [5.41, 5.74) is 8.02. The van der Waals surface area contributed by atoms with Gasteiger partial charge >= 0.3 is 0 Å². The number of carbonyl (C=O) groups excluding carboxylic acids is 2. The highest BCUT2D eigenvalue weighted by Gasteiger charge is 2.36. The average molecular weight is 463 g/mol. The van der Waals surface area contributed by atoms with E-state index in [1.54, 1.807) is 11.0 Å². The number of aromatic hydroxyl groups is 2. The standard InChI is InChI=1S/C24H25N5O5/c1-34-13-19-24(33)28(12-16-2-5-17-18(10-16)26-14-27-23(17)25)8-9-29(19)22(32)7-4-15-3-6-20(30)21(31)11-15/h2-7,10-11,14,19,30-31H,8-9,12-13H2,1H3,(H2,25,26,27)/b7-4+/t19-/m0/s1. The maximum absolute atomic E-state index is 13.2. The van der Waals surface area contributed by atoms with Crippen LogP contribution in [-0.2, 0) is 20.9 Å². The molecule has 0 unspecified atom stereocenters. The molecule has 2 heterocycles. The van der Waals surface area contributed by atoms with Gasteiger partial charge in [-0.2, -0.15) is 0 Å². The van der Waals surface area contributed by atoms with E-state index >= 15 is 0 Å². The van der Waals surface area contributed by atoms with Crippen LogP contribution in [0, 0.1) is 0 Å². The molecule has 4 rings (SSSR count). The van der Waals surface area contributed by atoms with Crippen molar-refractivity contribution < 1.29 is 24.5 Å². The van der Waals surface area contributed by atoms with Gasteiger partial charge < -0.3 is 30.5 Å². The molecule has 176 valence electrons. The maximum atomic E-state index is 13.2. The van der Waals surface area contributed by atoms with Crippen LogP contribution in [0.1, 0.15) is 11.1 Å². The molecule has 0 spiro atoms. The molecule has 2 aromatic carbocycles. The van der Waals surface area contributed by atoms with E-state index in [9.17, 15) is 19.8 Å². The van der Waals surface area contributed by atoms with E-state index in [-0.39, 0.29) is 29.9 Å². The second-order valence-electron chi connectivity index (χ2n) is 7.95. The number of hydrogen-bond donors (Lipinski definition) is 3. The molecule has 1 aliphatic rings. The Balaban J connectivity index is 1.48. The van der Waals surface area contributed by atoms with E-state index in [1.807, 2.05) is 18.2 Å². The highest BCUT2D eigenvalue weighted by Crippen LogP contribution is 2.26. The number of aromatic nitrogens is 2. The van der Waals surface area contributed by atoms with Crippen molar-refractivity contribution in [1.82, 2.24) is 19.8 Å². The van der Waals surface area contributed by atoms with Gasteiger partial charge in [-0.05, 0) is 41.5 Å². The summed E-state index contributed by atoms with van der Waals surface area (Å²) >= 11 is 0. The lowest BCUT2D eigenvalue weighted by Crippen LogP contribution is -2.59. The van der Waals surface area contributed by atoms with Gasteiger partial charge in [0.2, 0.25) is 11.8 Å². The molecule has 3 aromatic rings. The molecule has 0 bridgehead atoms. The van der Waals surface area contributed by atoms with Crippen LogP contribution in [0.3, 0.4) is 0 Å². The number of methoxy groups -OCH3 is 1. The third-order valence-corrected chi connectivity index (χ3v) is 5.71. The Hall–Kier alpha value is -4.18. The lowest BCUT2D eigenvalue weighted by molar-refractivity contribution is -0.152. The number of rotatable bonds is 6. The first-order valence-corrected chi connectivity index (χ1v) is 10.6. The Labute approximate surface area is 195 Å². The Morgan fingerprint density at radius 2 is 2.00 bits per heavy atom. The van der Waals surface area contributed by atoms with E-state index in [0.29, 0.717) is 36.5 Å². The number of ether oxygens (including phenoxy) is 1. The Kier molecular flexibility index (Phi) is 6.60. The number of carbonyl (C=O) groups is 2. The second-order valence-corrected chi connectivity index (χ2v) is 7.95. The molecular formula is C24H25N5O5. The first kappa shape index (κ1) is 23.0. The van der Waals surface area contributed by atoms with Gasteiger partial charge in [0.1, 0.15) is 18.2 Å². The number of fused-ring (bicyclic) bond motifs is 1. The van der Waals surface area contributed by atoms with Crippen LogP contribution < -0.4 is 5.73 Å². The highest BCUT2D eigenvalue weighted by atomic mass is 16.5. The van der Waals surface area contributed by atoms with Crippen molar-refractivity contribution in [2.75, 3.05) is 32.5 Å². The Morgan fingerprint density at radius 3 is 2.76 bits per heavy atom. The Morgan fingerprint density at radius 1 is 1.18 bits per heavy atom. The molecular weight excluding hydrogens is 438 g/mol. The molecule has 10 heteroatoms. The maximum Gasteiger partial charge on any atom is 0.248 e. The number of hydrogen-bond acceptors (Lipinski definition) is 8. The monoisotopic (exact) mass is 463 g/mol. The van der Waals surface area contributed by atoms with Crippen molar-refractivity contribution in [2.45, 2.75) is 12.6 Å². The summed E-state index contributed by atoms with van der Waals surface area (Å²) in [6, 6.07) is 9.08.